The largest absolute Gasteiger partial charge is 0.393 e. The van der Waals surface area contributed by atoms with Crippen LogP contribution < -0.4 is 10.2 Å². The highest BCUT2D eigenvalue weighted by atomic mass is 35.5. The zero-order valence-corrected chi connectivity index (χ0v) is 13.3. The van der Waals surface area contributed by atoms with E-state index in [1.54, 1.807) is 25.2 Å². The molecule has 1 heterocycles. The number of nitrogens with one attached hydrogen (secondary N) is 1. The van der Waals surface area contributed by atoms with Crippen molar-refractivity contribution in [3.63, 3.8) is 0 Å². The molecule has 0 spiro atoms. The number of para-hydroxylation sites is 2. The van der Waals surface area contributed by atoms with E-state index in [0.29, 0.717) is 21.3 Å². The fourth-order valence-electron chi connectivity index (χ4n) is 2.78. The number of rotatable bonds is 3. The zero-order valence-electron chi connectivity index (χ0n) is 11.8. The molecule has 6 heteroatoms. The Kier molecular flexibility index (Phi) is 3.77. The molecule has 0 saturated carbocycles. The quantitative estimate of drug-likeness (QED) is 0.904. The first-order valence-corrected chi connectivity index (χ1v) is 7.47. The summed E-state index contributed by atoms with van der Waals surface area (Å²) >= 11 is 12.4. The normalized spacial score (nSPS) is 20.2. The maximum absolute atomic E-state index is 12.8. The van der Waals surface area contributed by atoms with Gasteiger partial charge in [0.15, 0.2) is 5.54 Å². The van der Waals surface area contributed by atoms with Crippen molar-refractivity contribution < 1.29 is 9.90 Å². The third kappa shape index (κ3) is 2.07. The summed E-state index contributed by atoms with van der Waals surface area (Å²) in [6, 6.07) is 12.4. The number of likely N-dealkylation sites (N-methyl/N-ethyl adjacent to an activating group) is 1. The molecule has 22 heavy (non-hydrogen) atoms. The molecule has 1 aliphatic rings. The van der Waals surface area contributed by atoms with Gasteiger partial charge in [-0.25, -0.2) is 0 Å². The van der Waals surface area contributed by atoms with Crippen molar-refractivity contribution >= 4 is 40.5 Å². The van der Waals surface area contributed by atoms with Crippen molar-refractivity contribution in [3.05, 3.63) is 58.1 Å². The van der Waals surface area contributed by atoms with Gasteiger partial charge in [0.25, 0.3) is 5.91 Å². The van der Waals surface area contributed by atoms with Gasteiger partial charge in [0.1, 0.15) is 0 Å². The minimum Gasteiger partial charge on any atom is -0.393 e. The van der Waals surface area contributed by atoms with E-state index in [-0.39, 0.29) is 5.91 Å². The standard InChI is InChI=1S/C16H14Cl2N2O2/c1-20-13-8-3-2-5-10(13)16(9-21,15(20)22)19-14-11(17)6-4-7-12(14)18/h2-8,19,21H,9H2,1H3. The second-order valence-corrected chi connectivity index (χ2v) is 5.98. The number of anilines is 2. The van der Waals surface area contributed by atoms with Crippen LogP contribution in [0.4, 0.5) is 11.4 Å². The maximum atomic E-state index is 12.8. The van der Waals surface area contributed by atoms with Gasteiger partial charge in [-0.05, 0) is 18.2 Å². The Morgan fingerprint density at radius 1 is 1.14 bits per heavy atom. The van der Waals surface area contributed by atoms with Crippen molar-refractivity contribution in [1.82, 2.24) is 0 Å². The minimum absolute atomic E-state index is 0.257. The lowest BCUT2D eigenvalue weighted by atomic mass is 9.91. The number of carbonyl (C=O) groups excluding carboxylic acids is 1. The Hall–Kier alpha value is -1.75. The Bertz CT molecular complexity index is 730. The molecule has 3 rings (SSSR count). The Balaban J connectivity index is 2.16. The molecule has 1 atom stereocenters. The van der Waals surface area contributed by atoms with Crippen molar-refractivity contribution in [2.24, 2.45) is 0 Å². The molecule has 2 aromatic rings. The van der Waals surface area contributed by atoms with Gasteiger partial charge in [0.2, 0.25) is 0 Å². The van der Waals surface area contributed by atoms with E-state index in [2.05, 4.69) is 5.32 Å². The molecule has 0 radical (unpaired) electrons. The average Bonchev–Trinajstić information content (AvgIpc) is 2.74. The highest BCUT2D eigenvalue weighted by molar-refractivity contribution is 6.39. The van der Waals surface area contributed by atoms with Gasteiger partial charge in [-0.2, -0.15) is 0 Å². The molecular weight excluding hydrogens is 323 g/mol. The average molecular weight is 337 g/mol. The van der Waals surface area contributed by atoms with Crippen LogP contribution in [0.5, 0.6) is 0 Å². The van der Waals surface area contributed by atoms with Gasteiger partial charge < -0.3 is 15.3 Å². The summed E-state index contributed by atoms with van der Waals surface area (Å²) in [7, 11) is 1.68. The summed E-state index contributed by atoms with van der Waals surface area (Å²) in [5.74, 6) is -0.257. The predicted molar refractivity (Wildman–Crippen MR) is 88.7 cm³/mol. The van der Waals surface area contributed by atoms with Crippen molar-refractivity contribution in [2.75, 3.05) is 23.9 Å². The van der Waals surface area contributed by atoms with E-state index in [9.17, 15) is 9.90 Å². The second kappa shape index (κ2) is 5.47. The van der Waals surface area contributed by atoms with Crippen LogP contribution in [-0.2, 0) is 10.3 Å². The fourth-order valence-corrected chi connectivity index (χ4v) is 3.27. The molecule has 0 saturated heterocycles. The number of amides is 1. The van der Waals surface area contributed by atoms with E-state index in [1.165, 1.54) is 4.90 Å². The number of nitrogens with zero attached hydrogens (tertiary/aromatic N) is 1. The number of hydrogen-bond acceptors (Lipinski definition) is 3. The first-order valence-electron chi connectivity index (χ1n) is 6.72. The topological polar surface area (TPSA) is 52.6 Å². The molecular formula is C16H14Cl2N2O2. The molecule has 0 bridgehead atoms. The predicted octanol–water partition coefficient (Wildman–Crippen LogP) is 3.27. The van der Waals surface area contributed by atoms with E-state index in [0.717, 1.165) is 5.69 Å². The van der Waals surface area contributed by atoms with Crippen molar-refractivity contribution in [1.29, 1.82) is 0 Å². The molecule has 4 nitrogen and oxygen atoms in total. The third-order valence-corrected chi connectivity index (χ3v) is 4.56. The number of halogens is 2. The molecule has 2 N–H and O–H groups in total. The van der Waals surface area contributed by atoms with E-state index in [1.807, 2.05) is 24.3 Å². The van der Waals surface area contributed by atoms with Crippen LogP contribution in [0.1, 0.15) is 5.56 Å². The minimum atomic E-state index is -1.29. The van der Waals surface area contributed by atoms with E-state index < -0.39 is 12.1 Å². The molecule has 114 valence electrons. The smallest absolute Gasteiger partial charge is 0.259 e. The summed E-state index contributed by atoms with van der Waals surface area (Å²) in [6.07, 6.45) is 0. The van der Waals surface area contributed by atoms with Crippen LogP contribution in [0.25, 0.3) is 0 Å². The van der Waals surface area contributed by atoms with Gasteiger partial charge >= 0.3 is 0 Å². The highest BCUT2D eigenvalue weighted by Crippen LogP contribution is 2.43. The lowest BCUT2D eigenvalue weighted by molar-refractivity contribution is -0.123. The molecule has 1 amide bonds. The number of benzene rings is 2. The highest BCUT2D eigenvalue weighted by Gasteiger charge is 2.50. The van der Waals surface area contributed by atoms with Crippen LogP contribution in [-0.4, -0.2) is 24.7 Å². The lowest BCUT2D eigenvalue weighted by Crippen LogP contribution is -2.48. The summed E-state index contributed by atoms with van der Waals surface area (Å²) in [6.45, 7) is -0.408. The Morgan fingerprint density at radius 2 is 1.77 bits per heavy atom. The molecule has 1 aliphatic heterocycles. The first-order chi connectivity index (χ1) is 10.5. The third-order valence-electron chi connectivity index (χ3n) is 3.93. The molecule has 2 aromatic carbocycles. The number of fused-ring (bicyclic) bond motifs is 1. The number of aliphatic hydroxyl groups is 1. The number of hydrogen-bond donors (Lipinski definition) is 2. The van der Waals surface area contributed by atoms with E-state index >= 15 is 0 Å². The van der Waals surface area contributed by atoms with Gasteiger partial charge in [-0.15, -0.1) is 0 Å². The van der Waals surface area contributed by atoms with Crippen LogP contribution in [0.3, 0.4) is 0 Å². The summed E-state index contributed by atoms with van der Waals surface area (Å²) in [5, 5.41) is 13.8. The fraction of sp³-hybridized carbons (Fsp3) is 0.188. The van der Waals surface area contributed by atoms with Crippen LogP contribution in [0.2, 0.25) is 10.0 Å². The van der Waals surface area contributed by atoms with Gasteiger partial charge in [0, 0.05) is 18.3 Å². The molecule has 0 aromatic heterocycles. The van der Waals surface area contributed by atoms with E-state index in [4.69, 9.17) is 23.2 Å². The Morgan fingerprint density at radius 3 is 2.41 bits per heavy atom. The monoisotopic (exact) mass is 336 g/mol. The number of carbonyl (C=O) groups is 1. The van der Waals surface area contributed by atoms with Crippen LogP contribution in [0, 0.1) is 0 Å². The molecule has 0 fully saturated rings. The Labute approximate surface area is 138 Å². The van der Waals surface area contributed by atoms with Gasteiger partial charge in [-0.3, -0.25) is 4.79 Å². The zero-order chi connectivity index (χ0) is 15.9. The van der Waals surface area contributed by atoms with Crippen molar-refractivity contribution in [3.8, 4) is 0 Å². The van der Waals surface area contributed by atoms with Gasteiger partial charge in [0.05, 0.1) is 22.3 Å². The van der Waals surface area contributed by atoms with Crippen LogP contribution >= 0.6 is 23.2 Å². The van der Waals surface area contributed by atoms with Crippen LogP contribution in [0.15, 0.2) is 42.5 Å². The second-order valence-electron chi connectivity index (χ2n) is 5.17. The molecule has 0 aliphatic carbocycles. The lowest BCUT2D eigenvalue weighted by Gasteiger charge is -2.29. The maximum Gasteiger partial charge on any atom is 0.259 e. The summed E-state index contributed by atoms with van der Waals surface area (Å²) < 4.78 is 0. The first kappa shape index (κ1) is 15.2. The molecule has 1 unspecified atom stereocenters. The summed E-state index contributed by atoms with van der Waals surface area (Å²) in [5.41, 5.74) is 0.580. The van der Waals surface area contributed by atoms with Gasteiger partial charge in [-0.1, -0.05) is 47.5 Å². The van der Waals surface area contributed by atoms with Crippen molar-refractivity contribution in [2.45, 2.75) is 5.54 Å². The number of aliphatic hydroxyl groups excluding tert-OH is 1. The SMILES string of the molecule is CN1C(=O)C(CO)(Nc2c(Cl)cccc2Cl)c2ccccc21. The summed E-state index contributed by atoms with van der Waals surface area (Å²) in [4.78, 5) is 14.3.